The molecule has 3 rings (SSSR count). The van der Waals surface area contributed by atoms with Crippen LogP contribution >= 0.6 is 0 Å². The zero-order valence-electron chi connectivity index (χ0n) is 15.2. The summed E-state index contributed by atoms with van der Waals surface area (Å²) < 4.78 is 5.12. The molecule has 0 saturated carbocycles. The van der Waals surface area contributed by atoms with Gasteiger partial charge in [-0.25, -0.2) is 0 Å². The predicted octanol–water partition coefficient (Wildman–Crippen LogP) is 1.02. The van der Waals surface area contributed by atoms with Gasteiger partial charge in [0.1, 0.15) is 18.2 Å². The lowest BCUT2D eigenvalue weighted by atomic mass is 10.1. The van der Waals surface area contributed by atoms with Crippen molar-refractivity contribution >= 4 is 17.4 Å². The molecule has 0 atom stereocenters. The molecule has 0 spiro atoms. The highest BCUT2D eigenvalue weighted by molar-refractivity contribution is 5.90. The average molecular weight is 366 g/mol. The number of guanidine groups is 1. The van der Waals surface area contributed by atoms with E-state index in [4.69, 9.17) is 4.74 Å². The Morgan fingerprint density at radius 2 is 2.37 bits per heavy atom. The van der Waals surface area contributed by atoms with Crippen molar-refractivity contribution in [2.45, 2.75) is 13.3 Å². The van der Waals surface area contributed by atoms with Crippen LogP contribution < -0.4 is 10.6 Å². The van der Waals surface area contributed by atoms with Crippen LogP contribution in [-0.4, -0.2) is 54.6 Å². The molecule has 1 aromatic rings. The van der Waals surface area contributed by atoms with Gasteiger partial charge in [-0.05, 0) is 31.1 Å². The first kappa shape index (κ1) is 18.6. The third-order valence-corrected chi connectivity index (χ3v) is 4.29. The van der Waals surface area contributed by atoms with Crippen LogP contribution in [0.5, 0.6) is 0 Å². The zero-order valence-corrected chi connectivity index (χ0v) is 15.2. The van der Waals surface area contributed by atoms with Gasteiger partial charge in [-0.3, -0.25) is 14.8 Å². The average Bonchev–Trinajstić information content (AvgIpc) is 2.70. The topological polar surface area (TPSA) is 103 Å². The van der Waals surface area contributed by atoms with Crippen LogP contribution in [0, 0.1) is 11.3 Å². The molecule has 2 aliphatic heterocycles. The Balaban J connectivity index is 1.65. The SMILES string of the molecule is CC1=CNC(=NCCCN2CCOCC2=O)N/C1=C(\C#N)c1ccccn1. The van der Waals surface area contributed by atoms with Gasteiger partial charge in [-0.15, -0.1) is 0 Å². The summed E-state index contributed by atoms with van der Waals surface area (Å²) in [5, 5.41) is 15.9. The van der Waals surface area contributed by atoms with Gasteiger partial charge in [0.05, 0.1) is 18.0 Å². The fraction of sp³-hybridized carbons (Fsp3) is 0.368. The molecule has 1 fully saturated rings. The van der Waals surface area contributed by atoms with Crippen molar-refractivity contribution in [3.63, 3.8) is 0 Å². The van der Waals surface area contributed by atoms with Crippen molar-refractivity contribution in [1.29, 1.82) is 5.26 Å². The van der Waals surface area contributed by atoms with Crippen molar-refractivity contribution in [2.75, 3.05) is 32.8 Å². The number of allylic oxidation sites excluding steroid dienone is 2. The number of carbonyl (C=O) groups excluding carboxylic acids is 1. The number of amides is 1. The summed E-state index contributed by atoms with van der Waals surface area (Å²) in [5.74, 6) is 0.605. The van der Waals surface area contributed by atoms with E-state index in [-0.39, 0.29) is 12.5 Å². The lowest BCUT2D eigenvalue weighted by Gasteiger charge is -2.26. The van der Waals surface area contributed by atoms with E-state index in [0.717, 1.165) is 12.0 Å². The number of nitriles is 1. The third-order valence-electron chi connectivity index (χ3n) is 4.29. The van der Waals surface area contributed by atoms with E-state index in [9.17, 15) is 10.1 Å². The number of nitrogens with one attached hydrogen (secondary N) is 2. The van der Waals surface area contributed by atoms with Gasteiger partial charge in [0.2, 0.25) is 5.91 Å². The van der Waals surface area contributed by atoms with Gasteiger partial charge in [-0.2, -0.15) is 5.26 Å². The molecule has 1 saturated heterocycles. The summed E-state index contributed by atoms with van der Waals surface area (Å²) in [6, 6.07) is 7.70. The van der Waals surface area contributed by atoms with Crippen molar-refractivity contribution in [1.82, 2.24) is 20.5 Å². The standard InChI is InChI=1S/C19H22N6O2/c1-14-12-23-19(22-7-4-8-25-9-10-27-13-17(25)26)24-18(14)15(11-20)16-5-2-3-6-21-16/h2-3,5-6,12H,4,7-10,13H2,1H3,(H2,22,23,24)/b18-15+. The molecule has 0 radical (unpaired) electrons. The minimum atomic E-state index is 0.0284. The highest BCUT2D eigenvalue weighted by atomic mass is 16.5. The number of pyridine rings is 1. The second-order valence-corrected chi connectivity index (χ2v) is 6.19. The van der Waals surface area contributed by atoms with E-state index in [2.05, 4.69) is 26.7 Å². The molecule has 8 heteroatoms. The van der Waals surface area contributed by atoms with Gasteiger partial charge >= 0.3 is 0 Å². The molecule has 140 valence electrons. The number of morpholine rings is 1. The molecule has 8 nitrogen and oxygen atoms in total. The molecule has 3 heterocycles. The van der Waals surface area contributed by atoms with Crippen molar-refractivity contribution in [3.8, 4) is 6.07 Å². The second kappa shape index (κ2) is 8.96. The number of rotatable bonds is 5. The maximum absolute atomic E-state index is 11.7. The molecule has 1 aromatic heterocycles. The van der Waals surface area contributed by atoms with Crippen LogP contribution in [0.15, 0.2) is 46.9 Å². The fourth-order valence-corrected chi connectivity index (χ4v) is 2.84. The first-order valence-electron chi connectivity index (χ1n) is 8.85. The van der Waals surface area contributed by atoms with E-state index in [1.165, 1.54) is 0 Å². The normalized spacial score (nSPS) is 20.4. The lowest BCUT2D eigenvalue weighted by molar-refractivity contribution is -0.142. The molecule has 0 unspecified atom stereocenters. The van der Waals surface area contributed by atoms with E-state index in [0.29, 0.717) is 49.2 Å². The Morgan fingerprint density at radius 3 is 3.11 bits per heavy atom. The summed E-state index contributed by atoms with van der Waals surface area (Å²) in [4.78, 5) is 22.3. The molecule has 27 heavy (non-hydrogen) atoms. The maximum atomic E-state index is 11.7. The quantitative estimate of drug-likeness (QED) is 0.596. The number of aromatic nitrogens is 1. The van der Waals surface area contributed by atoms with E-state index < -0.39 is 0 Å². The molecular formula is C19H22N6O2. The monoisotopic (exact) mass is 366 g/mol. The Bertz CT molecular complexity index is 822. The van der Waals surface area contributed by atoms with E-state index in [1.807, 2.05) is 25.3 Å². The summed E-state index contributed by atoms with van der Waals surface area (Å²) >= 11 is 0. The summed E-state index contributed by atoms with van der Waals surface area (Å²) in [7, 11) is 0. The van der Waals surface area contributed by atoms with E-state index >= 15 is 0 Å². The van der Waals surface area contributed by atoms with Crippen LogP contribution in [0.4, 0.5) is 0 Å². The van der Waals surface area contributed by atoms with Gasteiger partial charge in [0.15, 0.2) is 5.96 Å². The van der Waals surface area contributed by atoms with Gasteiger partial charge in [0.25, 0.3) is 0 Å². The highest BCUT2D eigenvalue weighted by Gasteiger charge is 2.19. The second-order valence-electron chi connectivity index (χ2n) is 6.19. The number of aliphatic imine (C=N–C) groups is 1. The Labute approximate surface area is 158 Å². The Morgan fingerprint density at radius 1 is 1.48 bits per heavy atom. The molecule has 1 amide bonds. The minimum absolute atomic E-state index is 0.0284. The van der Waals surface area contributed by atoms with Gasteiger partial charge < -0.3 is 20.3 Å². The number of hydrogen-bond acceptors (Lipinski definition) is 5. The fourth-order valence-electron chi connectivity index (χ4n) is 2.84. The molecule has 0 aromatic carbocycles. The first-order valence-corrected chi connectivity index (χ1v) is 8.85. The van der Waals surface area contributed by atoms with Crippen LogP contribution in [0.3, 0.4) is 0 Å². The summed E-state index contributed by atoms with van der Waals surface area (Å²) in [6.07, 6.45) is 4.23. The van der Waals surface area contributed by atoms with Crippen LogP contribution in [-0.2, 0) is 9.53 Å². The maximum Gasteiger partial charge on any atom is 0.248 e. The largest absolute Gasteiger partial charge is 0.370 e. The third kappa shape index (κ3) is 4.71. The smallest absolute Gasteiger partial charge is 0.248 e. The molecule has 2 aliphatic rings. The molecular weight excluding hydrogens is 344 g/mol. The zero-order chi connectivity index (χ0) is 19.1. The van der Waals surface area contributed by atoms with Crippen LogP contribution in [0.25, 0.3) is 5.57 Å². The first-order chi connectivity index (χ1) is 13.2. The van der Waals surface area contributed by atoms with Crippen LogP contribution in [0.2, 0.25) is 0 Å². The van der Waals surface area contributed by atoms with Gasteiger partial charge in [0, 0.05) is 32.0 Å². The Kier molecular flexibility index (Phi) is 6.18. The highest BCUT2D eigenvalue weighted by Crippen LogP contribution is 2.21. The van der Waals surface area contributed by atoms with Crippen LogP contribution in [0.1, 0.15) is 19.0 Å². The summed E-state index contributed by atoms with van der Waals surface area (Å²) in [5.41, 5.74) is 2.67. The van der Waals surface area contributed by atoms with Crippen molar-refractivity contribution in [2.24, 2.45) is 4.99 Å². The lowest BCUT2D eigenvalue weighted by Crippen LogP contribution is -2.42. The van der Waals surface area contributed by atoms with Gasteiger partial charge in [-0.1, -0.05) is 6.07 Å². The minimum Gasteiger partial charge on any atom is -0.370 e. The van der Waals surface area contributed by atoms with Crippen molar-refractivity contribution < 1.29 is 9.53 Å². The van der Waals surface area contributed by atoms with E-state index in [1.54, 1.807) is 17.2 Å². The predicted molar refractivity (Wildman–Crippen MR) is 101 cm³/mol. The Hall–Kier alpha value is -3.18. The number of ether oxygens (including phenoxy) is 1. The number of hydrogen-bond donors (Lipinski definition) is 2. The molecule has 0 aliphatic carbocycles. The molecule has 2 N–H and O–H groups in total. The molecule has 0 bridgehead atoms. The summed E-state index contributed by atoms with van der Waals surface area (Å²) in [6.45, 7) is 4.53. The number of nitrogens with zero attached hydrogens (tertiary/aromatic N) is 4. The van der Waals surface area contributed by atoms with Crippen molar-refractivity contribution in [3.05, 3.63) is 47.6 Å². The number of carbonyl (C=O) groups is 1.